The molecule has 0 fully saturated rings. The number of amides is 2. The number of hydrogen-bond acceptors (Lipinski definition) is 5. The van der Waals surface area contributed by atoms with E-state index in [0.717, 1.165) is 24.2 Å². The van der Waals surface area contributed by atoms with Gasteiger partial charge in [-0.3, -0.25) is 9.59 Å². The van der Waals surface area contributed by atoms with Crippen LogP contribution in [0.2, 0.25) is 5.02 Å². The number of carbonyl (C=O) groups excluding carboxylic acids is 3. The van der Waals surface area contributed by atoms with E-state index < -0.39 is 17.8 Å². The second kappa shape index (κ2) is 13.8. The Morgan fingerprint density at radius 2 is 1.67 bits per heavy atom. The summed E-state index contributed by atoms with van der Waals surface area (Å²) in [4.78, 5) is 38.5. The van der Waals surface area contributed by atoms with E-state index >= 15 is 0 Å². The maximum Gasteiger partial charge on any atom is 0.338 e. The van der Waals surface area contributed by atoms with Crippen molar-refractivity contribution < 1.29 is 19.1 Å². The van der Waals surface area contributed by atoms with E-state index in [-0.39, 0.29) is 28.3 Å². The summed E-state index contributed by atoms with van der Waals surface area (Å²) in [6, 6.07) is 6.16. The number of nitrogens with zero attached hydrogens (tertiary/aromatic N) is 2. The van der Waals surface area contributed by atoms with Crippen LogP contribution in [0.25, 0.3) is 0 Å². The van der Waals surface area contributed by atoms with E-state index in [1.807, 2.05) is 6.07 Å². The quantitative estimate of drug-likeness (QED) is 0.185. The van der Waals surface area contributed by atoms with Gasteiger partial charge in [0.2, 0.25) is 5.91 Å². The number of benzene rings is 1. The summed E-state index contributed by atoms with van der Waals surface area (Å²) in [6.07, 6.45) is 11.9. The molecule has 0 aromatic heterocycles. The van der Waals surface area contributed by atoms with Gasteiger partial charge in [-0.05, 0) is 37.1 Å². The molecule has 1 aromatic carbocycles. The minimum Gasteiger partial charge on any atom is -0.462 e. The number of ether oxygens (including phenoxy) is 1. The van der Waals surface area contributed by atoms with Crippen molar-refractivity contribution >= 4 is 35.1 Å². The summed E-state index contributed by atoms with van der Waals surface area (Å²) < 4.78 is 5.36. The molecule has 0 saturated carbocycles. The highest BCUT2D eigenvalue weighted by atomic mass is 35.5. The highest BCUT2D eigenvalue weighted by Crippen LogP contribution is 2.32. The van der Waals surface area contributed by atoms with Gasteiger partial charge in [0.25, 0.3) is 5.91 Å². The van der Waals surface area contributed by atoms with E-state index in [1.54, 1.807) is 6.92 Å². The van der Waals surface area contributed by atoms with Gasteiger partial charge in [0.1, 0.15) is 11.6 Å². The number of halogens is 1. The zero-order valence-corrected chi connectivity index (χ0v) is 20.4. The highest BCUT2D eigenvalue weighted by molar-refractivity contribution is 6.36. The van der Waals surface area contributed by atoms with Gasteiger partial charge >= 0.3 is 5.97 Å². The zero-order chi connectivity index (χ0) is 24.2. The molecule has 1 heterocycles. The number of rotatable bonds is 13. The second-order valence-corrected chi connectivity index (χ2v) is 8.87. The number of imide groups is 1. The average molecular weight is 473 g/mol. The molecular weight excluding hydrogens is 440 g/mol. The van der Waals surface area contributed by atoms with Crippen LogP contribution < -0.4 is 4.90 Å². The maximum absolute atomic E-state index is 12.6. The van der Waals surface area contributed by atoms with Crippen molar-refractivity contribution in [3.05, 3.63) is 39.9 Å². The van der Waals surface area contributed by atoms with Crippen LogP contribution in [0.5, 0.6) is 0 Å². The second-order valence-electron chi connectivity index (χ2n) is 8.46. The molecule has 0 bridgehead atoms. The molecule has 2 amide bonds. The Bertz CT molecular complexity index is 933. The fourth-order valence-corrected chi connectivity index (χ4v) is 4.04. The summed E-state index contributed by atoms with van der Waals surface area (Å²) in [5, 5.41) is 9.39. The molecule has 0 atom stereocenters. The molecule has 178 valence electrons. The number of anilines is 1. The zero-order valence-electron chi connectivity index (χ0n) is 19.6. The van der Waals surface area contributed by atoms with Crippen molar-refractivity contribution in [2.24, 2.45) is 0 Å². The Balaban J connectivity index is 1.84. The summed E-state index contributed by atoms with van der Waals surface area (Å²) in [5.41, 5.74) is 0.624. The first-order valence-corrected chi connectivity index (χ1v) is 12.2. The van der Waals surface area contributed by atoms with Crippen LogP contribution in [-0.2, 0) is 14.3 Å². The lowest BCUT2D eigenvalue weighted by molar-refractivity contribution is -0.125. The molecule has 0 unspecified atom stereocenters. The average Bonchev–Trinajstić information content (AvgIpc) is 2.78. The number of esters is 1. The van der Waals surface area contributed by atoms with Crippen molar-refractivity contribution in [1.29, 1.82) is 5.26 Å². The minimum absolute atomic E-state index is 0.0572. The fourth-order valence-electron chi connectivity index (χ4n) is 3.84. The monoisotopic (exact) mass is 472 g/mol. The first kappa shape index (κ1) is 26.6. The predicted molar refractivity (Wildman–Crippen MR) is 129 cm³/mol. The van der Waals surface area contributed by atoms with Crippen LogP contribution in [0.3, 0.4) is 0 Å². The van der Waals surface area contributed by atoms with E-state index in [4.69, 9.17) is 16.3 Å². The van der Waals surface area contributed by atoms with Crippen LogP contribution in [0.1, 0.15) is 94.8 Å². The molecule has 1 aromatic rings. The smallest absolute Gasteiger partial charge is 0.338 e. The molecule has 2 rings (SSSR count). The lowest BCUT2D eigenvalue weighted by atomic mass is 10.00. The molecule has 33 heavy (non-hydrogen) atoms. The van der Waals surface area contributed by atoms with Gasteiger partial charge in [-0.25, -0.2) is 9.69 Å². The first-order valence-electron chi connectivity index (χ1n) is 11.8. The molecule has 0 N–H and O–H groups in total. The van der Waals surface area contributed by atoms with E-state index in [1.165, 1.54) is 63.1 Å². The molecule has 6 nitrogen and oxygen atoms in total. The number of nitriles is 1. The third-order valence-electron chi connectivity index (χ3n) is 5.78. The Hall–Kier alpha value is -2.65. The summed E-state index contributed by atoms with van der Waals surface area (Å²) in [6.45, 7) is 4.11. The molecule has 0 saturated heterocycles. The van der Waals surface area contributed by atoms with Crippen LogP contribution in [-0.4, -0.2) is 24.4 Å². The summed E-state index contributed by atoms with van der Waals surface area (Å²) >= 11 is 6.22. The standard InChI is InChI=1S/C26H33ClN2O4/c1-3-4-5-6-7-8-9-10-11-12-15-33-26(32)20-13-14-22(27)23(17-20)29-24(30)16-19(2)21(18-28)25(29)31/h13-14,17H,3-12,15-16H2,1-2H3. The van der Waals surface area contributed by atoms with Gasteiger partial charge in [-0.1, -0.05) is 76.3 Å². The van der Waals surface area contributed by atoms with Gasteiger partial charge in [0.15, 0.2) is 0 Å². The van der Waals surface area contributed by atoms with Gasteiger partial charge < -0.3 is 4.74 Å². The van der Waals surface area contributed by atoms with Gasteiger partial charge in [-0.15, -0.1) is 0 Å². The van der Waals surface area contributed by atoms with Crippen molar-refractivity contribution in [2.75, 3.05) is 11.5 Å². The SMILES string of the molecule is CCCCCCCCCCCCOC(=O)c1ccc(Cl)c(N2C(=O)CC(C)=C(C#N)C2=O)c1. The van der Waals surface area contributed by atoms with E-state index in [2.05, 4.69) is 6.92 Å². The molecule has 0 spiro atoms. The van der Waals surface area contributed by atoms with Crippen LogP contribution in [0, 0.1) is 11.3 Å². The van der Waals surface area contributed by atoms with Crippen LogP contribution in [0.4, 0.5) is 5.69 Å². The normalized spacial score (nSPS) is 13.9. The van der Waals surface area contributed by atoms with E-state index in [9.17, 15) is 19.6 Å². The van der Waals surface area contributed by atoms with Crippen LogP contribution >= 0.6 is 11.6 Å². The number of carbonyl (C=O) groups is 3. The predicted octanol–water partition coefficient (Wildman–Crippen LogP) is 6.52. The lowest BCUT2D eigenvalue weighted by Crippen LogP contribution is -2.41. The lowest BCUT2D eigenvalue weighted by Gasteiger charge is -2.26. The Morgan fingerprint density at radius 1 is 1.06 bits per heavy atom. The summed E-state index contributed by atoms with van der Waals surface area (Å²) in [7, 11) is 0. The first-order chi connectivity index (χ1) is 15.9. The summed E-state index contributed by atoms with van der Waals surface area (Å²) in [5.74, 6) is -1.76. The number of unbranched alkanes of at least 4 members (excludes halogenated alkanes) is 9. The van der Waals surface area contributed by atoms with Crippen molar-refractivity contribution in [1.82, 2.24) is 0 Å². The number of hydrogen-bond donors (Lipinski definition) is 0. The topological polar surface area (TPSA) is 87.5 Å². The largest absolute Gasteiger partial charge is 0.462 e. The third-order valence-corrected chi connectivity index (χ3v) is 6.09. The minimum atomic E-state index is -0.732. The Morgan fingerprint density at radius 3 is 2.27 bits per heavy atom. The fraction of sp³-hybridized carbons (Fsp3) is 0.538. The molecule has 0 radical (unpaired) electrons. The van der Waals surface area contributed by atoms with Gasteiger partial charge in [0.05, 0.1) is 29.3 Å². The highest BCUT2D eigenvalue weighted by Gasteiger charge is 2.34. The Labute approximate surface area is 201 Å². The molecule has 1 aliphatic rings. The van der Waals surface area contributed by atoms with Gasteiger partial charge in [-0.2, -0.15) is 5.26 Å². The molecular formula is C26H33ClN2O4. The molecule has 0 aliphatic carbocycles. The molecule has 7 heteroatoms. The third kappa shape index (κ3) is 7.71. The Kier molecular flexibility index (Phi) is 11.1. The van der Waals surface area contributed by atoms with Crippen LogP contribution in [0.15, 0.2) is 29.3 Å². The van der Waals surface area contributed by atoms with Crippen molar-refractivity contribution in [3.63, 3.8) is 0 Å². The van der Waals surface area contributed by atoms with Crippen molar-refractivity contribution in [2.45, 2.75) is 84.5 Å². The molecule has 1 aliphatic heterocycles. The van der Waals surface area contributed by atoms with E-state index in [0.29, 0.717) is 12.2 Å². The van der Waals surface area contributed by atoms with Crippen molar-refractivity contribution in [3.8, 4) is 6.07 Å². The van der Waals surface area contributed by atoms with Gasteiger partial charge in [0, 0.05) is 0 Å². The maximum atomic E-state index is 12.6.